The van der Waals surface area contributed by atoms with E-state index in [1.54, 1.807) is 10.9 Å². The van der Waals surface area contributed by atoms with E-state index in [9.17, 15) is 4.79 Å². The molecule has 3 rings (SSSR count). The standard InChI is InChI=1S/C18H27N5O/c1-3-4-10-21-12-9-19-18(21)16-6-5-11-22(13-16)17(24)14-23-15(2)7-8-20-23/h7-9,12,16H,3-6,10-11,13-14H2,1-2H3. The monoisotopic (exact) mass is 329 g/mol. The number of aromatic nitrogens is 4. The number of carbonyl (C=O) groups excluding carboxylic acids is 1. The third-order valence-corrected chi connectivity index (χ3v) is 4.85. The van der Waals surface area contributed by atoms with Crippen molar-refractivity contribution in [2.45, 2.75) is 58.5 Å². The number of unbranched alkanes of at least 4 members (excludes halogenated alkanes) is 1. The number of carbonyl (C=O) groups is 1. The molecule has 1 atom stereocenters. The molecule has 1 aliphatic heterocycles. The van der Waals surface area contributed by atoms with Crippen LogP contribution in [0.5, 0.6) is 0 Å². The van der Waals surface area contributed by atoms with Gasteiger partial charge < -0.3 is 9.47 Å². The van der Waals surface area contributed by atoms with Gasteiger partial charge >= 0.3 is 0 Å². The maximum Gasteiger partial charge on any atom is 0.244 e. The van der Waals surface area contributed by atoms with Crippen LogP contribution in [0, 0.1) is 6.92 Å². The van der Waals surface area contributed by atoms with Gasteiger partial charge in [0.1, 0.15) is 12.4 Å². The Morgan fingerprint density at radius 2 is 2.25 bits per heavy atom. The summed E-state index contributed by atoms with van der Waals surface area (Å²) in [5.41, 5.74) is 1.02. The SMILES string of the molecule is CCCCn1ccnc1C1CCCN(C(=O)Cn2nccc2C)C1. The van der Waals surface area contributed by atoms with Crippen molar-refractivity contribution in [1.29, 1.82) is 0 Å². The Labute approximate surface area is 143 Å². The summed E-state index contributed by atoms with van der Waals surface area (Å²) >= 11 is 0. The summed E-state index contributed by atoms with van der Waals surface area (Å²) in [7, 11) is 0. The Bertz CT molecular complexity index is 675. The summed E-state index contributed by atoms with van der Waals surface area (Å²) in [6.07, 6.45) is 10.2. The molecule has 0 radical (unpaired) electrons. The highest BCUT2D eigenvalue weighted by atomic mass is 16.2. The van der Waals surface area contributed by atoms with Gasteiger partial charge in [-0.05, 0) is 32.3 Å². The normalized spacial score (nSPS) is 18.1. The highest BCUT2D eigenvalue weighted by Gasteiger charge is 2.27. The van der Waals surface area contributed by atoms with Crippen LogP contribution in [0.2, 0.25) is 0 Å². The van der Waals surface area contributed by atoms with Gasteiger partial charge in [0, 0.05) is 49.8 Å². The van der Waals surface area contributed by atoms with Crippen molar-refractivity contribution in [2.24, 2.45) is 0 Å². The van der Waals surface area contributed by atoms with Gasteiger partial charge in [0.05, 0.1) is 0 Å². The molecule has 1 saturated heterocycles. The number of rotatable bonds is 6. The van der Waals surface area contributed by atoms with Crippen LogP contribution >= 0.6 is 0 Å². The second-order valence-corrected chi connectivity index (χ2v) is 6.64. The first-order valence-corrected chi connectivity index (χ1v) is 8.96. The topological polar surface area (TPSA) is 56.0 Å². The Hall–Kier alpha value is -2.11. The predicted molar refractivity (Wildman–Crippen MR) is 92.7 cm³/mol. The Morgan fingerprint density at radius 1 is 1.38 bits per heavy atom. The molecule has 1 fully saturated rings. The number of hydrogen-bond acceptors (Lipinski definition) is 3. The number of aryl methyl sites for hydroxylation is 2. The van der Waals surface area contributed by atoms with Gasteiger partial charge in [0.15, 0.2) is 0 Å². The fourth-order valence-corrected chi connectivity index (χ4v) is 3.41. The lowest BCUT2D eigenvalue weighted by Gasteiger charge is -2.32. The zero-order valence-electron chi connectivity index (χ0n) is 14.7. The van der Waals surface area contributed by atoms with Gasteiger partial charge in [-0.3, -0.25) is 9.48 Å². The fraction of sp³-hybridized carbons (Fsp3) is 0.611. The van der Waals surface area contributed by atoms with E-state index in [4.69, 9.17) is 0 Å². The van der Waals surface area contributed by atoms with Crippen molar-refractivity contribution in [3.8, 4) is 0 Å². The maximum atomic E-state index is 12.6. The van der Waals surface area contributed by atoms with Gasteiger partial charge in [0.25, 0.3) is 0 Å². The molecule has 0 N–H and O–H groups in total. The van der Waals surface area contributed by atoms with E-state index in [0.29, 0.717) is 12.5 Å². The average Bonchev–Trinajstić information content (AvgIpc) is 3.22. The molecule has 2 aromatic heterocycles. The number of likely N-dealkylation sites (tertiary alicyclic amines) is 1. The molecule has 1 amide bonds. The molecule has 0 aliphatic carbocycles. The predicted octanol–water partition coefficient (Wildman–Crippen LogP) is 2.59. The summed E-state index contributed by atoms with van der Waals surface area (Å²) in [5, 5.41) is 4.22. The van der Waals surface area contributed by atoms with Crippen molar-refractivity contribution in [3.05, 3.63) is 36.2 Å². The lowest BCUT2D eigenvalue weighted by atomic mass is 9.97. The number of nitrogens with zero attached hydrogens (tertiary/aromatic N) is 5. The van der Waals surface area contributed by atoms with Crippen molar-refractivity contribution < 1.29 is 4.79 Å². The average molecular weight is 329 g/mol. The summed E-state index contributed by atoms with van der Waals surface area (Å²) in [4.78, 5) is 19.2. The minimum absolute atomic E-state index is 0.151. The van der Waals surface area contributed by atoms with Gasteiger partial charge in [0.2, 0.25) is 5.91 Å². The molecule has 2 aromatic rings. The van der Waals surface area contributed by atoms with Gasteiger partial charge in [-0.1, -0.05) is 13.3 Å². The molecule has 0 saturated carbocycles. The van der Waals surface area contributed by atoms with Gasteiger partial charge in [-0.2, -0.15) is 5.10 Å². The van der Waals surface area contributed by atoms with Crippen LogP contribution in [0.25, 0.3) is 0 Å². The van der Waals surface area contributed by atoms with E-state index in [2.05, 4.69) is 27.8 Å². The zero-order valence-corrected chi connectivity index (χ0v) is 14.7. The molecule has 24 heavy (non-hydrogen) atoms. The number of hydrogen-bond donors (Lipinski definition) is 0. The molecular weight excluding hydrogens is 302 g/mol. The van der Waals surface area contributed by atoms with E-state index in [-0.39, 0.29) is 5.91 Å². The third kappa shape index (κ3) is 3.68. The first-order valence-electron chi connectivity index (χ1n) is 8.96. The lowest BCUT2D eigenvalue weighted by Crippen LogP contribution is -2.41. The Kier molecular flexibility index (Phi) is 5.33. The van der Waals surface area contributed by atoms with E-state index < -0.39 is 0 Å². The van der Waals surface area contributed by atoms with E-state index in [1.807, 2.05) is 24.1 Å². The minimum atomic E-state index is 0.151. The quantitative estimate of drug-likeness (QED) is 0.818. The van der Waals surface area contributed by atoms with Gasteiger partial charge in [-0.15, -0.1) is 0 Å². The molecular formula is C18H27N5O. The van der Waals surface area contributed by atoms with E-state index in [1.165, 1.54) is 6.42 Å². The Balaban J connectivity index is 1.65. The minimum Gasteiger partial charge on any atom is -0.340 e. The highest BCUT2D eigenvalue weighted by molar-refractivity contribution is 5.76. The highest BCUT2D eigenvalue weighted by Crippen LogP contribution is 2.26. The fourth-order valence-electron chi connectivity index (χ4n) is 3.41. The van der Waals surface area contributed by atoms with Crippen molar-refractivity contribution in [2.75, 3.05) is 13.1 Å². The summed E-state index contributed by atoms with van der Waals surface area (Å²) in [6, 6.07) is 1.93. The van der Waals surface area contributed by atoms with Crippen molar-refractivity contribution >= 4 is 5.91 Å². The second kappa shape index (κ2) is 7.64. The summed E-state index contributed by atoms with van der Waals surface area (Å²) in [6.45, 7) is 7.13. The lowest BCUT2D eigenvalue weighted by molar-refractivity contribution is -0.133. The van der Waals surface area contributed by atoms with Gasteiger partial charge in [-0.25, -0.2) is 4.98 Å². The van der Waals surface area contributed by atoms with Crippen LogP contribution in [-0.2, 0) is 17.9 Å². The van der Waals surface area contributed by atoms with E-state index in [0.717, 1.165) is 50.4 Å². The number of amides is 1. The van der Waals surface area contributed by atoms with Crippen molar-refractivity contribution in [3.63, 3.8) is 0 Å². The first-order chi connectivity index (χ1) is 11.7. The van der Waals surface area contributed by atoms with Crippen LogP contribution in [0.4, 0.5) is 0 Å². The number of imidazole rings is 1. The molecule has 130 valence electrons. The van der Waals surface area contributed by atoms with Crippen LogP contribution < -0.4 is 0 Å². The third-order valence-electron chi connectivity index (χ3n) is 4.85. The van der Waals surface area contributed by atoms with E-state index >= 15 is 0 Å². The summed E-state index contributed by atoms with van der Waals surface area (Å²) < 4.78 is 4.04. The van der Waals surface area contributed by atoms with Crippen LogP contribution in [0.15, 0.2) is 24.7 Å². The van der Waals surface area contributed by atoms with Crippen molar-refractivity contribution in [1.82, 2.24) is 24.2 Å². The molecule has 6 nitrogen and oxygen atoms in total. The first kappa shape index (κ1) is 16.7. The zero-order chi connectivity index (χ0) is 16.9. The number of piperidine rings is 1. The molecule has 0 spiro atoms. The smallest absolute Gasteiger partial charge is 0.244 e. The Morgan fingerprint density at radius 3 is 3.00 bits per heavy atom. The molecule has 3 heterocycles. The van der Waals surface area contributed by atoms with Crippen LogP contribution in [0.1, 0.15) is 50.0 Å². The molecule has 1 unspecified atom stereocenters. The molecule has 1 aliphatic rings. The van der Waals surface area contributed by atoms with Crippen LogP contribution in [0.3, 0.4) is 0 Å². The summed E-state index contributed by atoms with van der Waals surface area (Å²) in [5.74, 6) is 1.63. The molecule has 0 bridgehead atoms. The second-order valence-electron chi connectivity index (χ2n) is 6.64. The molecule has 0 aromatic carbocycles. The van der Waals surface area contributed by atoms with Crippen LogP contribution in [-0.4, -0.2) is 43.2 Å². The molecule has 6 heteroatoms. The largest absolute Gasteiger partial charge is 0.340 e. The maximum absolute atomic E-state index is 12.6.